The zero-order valence-electron chi connectivity index (χ0n) is 81.5. The van der Waals surface area contributed by atoms with E-state index in [-0.39, 0.29) is 16.2 Å². The summed E-state index contributed by atoms with van der Waals surface area (Å²) in [6, 6.07) is 160. The van der Waals surface area contributed by atoms with Crippen LogP contribution in [-0.2, 0) is 16.2 Å². The Morgan fingerprint density at radius 3 is 0.878 bits per heavy atom. The van der Waals surface area contributed by atoms with E-state index in [4.69, 9.17) is 34.3 Å². The molecule has 0 aliphatic heterocycles. The van der Waals surface area contributed by atoms with E-state index in [9.17, 15) is 0 Å². The number of hydrogen-bond acceptors (Lipinski definition) is 8. The summed E-state index contributed by atoms with van der Waals surface area (Å²) in [5, 5.41) is 14.7. The fraction of sp³-hybridized carbons (Fsp3) is 0.0667. The van der Waals surface area contributed by atoms with Crippen LogP contribution >= 0.6 is 11.3 Å². The summed E-state index contributed by atoms with van der Waals surface area (Å²) in [4.78, 5) is 31.8. The molecular formula is C135H92N10OS. The van der Waals surface area contributed by atoms with Crippen molar-refractivity contribution in [2.45, 2.75) is 57.8 Å². The van der Waals surface area contributed by atoms with E-state index in [0.29, 0.717) is 0 Å². The van der Waals surface area contributed by atoms with Gasteiger partial charge in [-0.05, 0) is 144 Å². The Morgan fingerprint density at radius 2 is 0.483 bits per heavy atom. The Balaban J connectivity index is 0.000000104. The summed E-state index contributed by atoms with van der Waals surface area (Å²) in [6.45, 7) is 13.7. The van der Waals surface area contributed by atoms with Crippen molar-refractivity contribution in [3.05, 3.63) is 482 Å². The van der Waals surface area contributed by atoms with Crippen LogP contribution in [0.15, 0.2) is 453 Å². The first-order valence-electron chi connectivity index (χ1n) is 50.5. The van der Waals surface area contributed by atoms with Gasteiger partial charge in [-0.15, -0.1) is 11.3 Å². The van der Waals surface area contributed by atoms with Gasteiger partial charge in [0.2, 0.25) is 0 Å². The Bertz CT molecular complexity index is 9940. The predicted octanol–water partition coefficient (Wildman–Crippen LogP) is 35.0. The molecule has 28 aromatic rings. The predicted molar refractivity (Wildman–Crippen MR) is 609 cm³/mol. The molecule has 0 bridgehead atoms. The van der Waals surface area contributed by atoms with Gasteiger partial charge >= 0.3 is 0 Å². The molecule has 3 aliphatic carbocycles. The Kier molecular flexibility index (Phi) is 19.1. The average Bonchev–Trinajstić information content (AvgIpc) is 1.54. The second-order valence-electron chi connectivity index (χ2n) is 40.6. The largest absolute Gasteiger partial charge is 0.454 e. The van der Waals surface area contributed by atoms with E-state index in [1.54, 1.807) is 0 Å². The van der Waals surface area contributed by atoms with Crippen LogP contribution in [0.25, 0.3) is 254 Å². The fourth-order valence-corrected chi connectivity index (χ4v) is 25.8. The molecule has 0 radical (unpaired) electrons. The number of rotatable bonds is 10. The van der Waals surface area contributed by atoms with Gasteiger partial charge in [0.15, 0.2) is 23.1 Å². The lowest BCUT2D eigenvalue weighted by molar-refractivity contribution is 0.657. The van der Waals surface area contributed by atoms with Gasteiger partial charge in [0.05, 0.1) is 83.0 Å². The van der Waals surface area contributed by atoms with Gasteiger partial charge in [0, 0.05) is 175 Å². The molecule has 0 spiro atoms. The Labute approximate surface area is 851 Å². The maximum Gasteiger partial charge on any atom is 0.160 e. The minimum absolute atomic E-state index is 0.200. The highest BCUT2D eigenvalue weighted by molar-refractivity contribution is 7.26. The molecule has 0 fully saturated rings. The molecule has 0 atom stereocenters. The highest BCUT2D eigenvalue weighted by Gasteiger charge is 2.44. The maximum absolute atomic E-state index is 6.55. The molecule has 9 aromatic heterocycles. The molecule has 0 saturated carbocycles. The highest BCUT2D eigenvalue weighted by Crippen LogP contribution is 2.57. The van der Waals surface area contributed by atoms with E-state index in [0.717, 1.165) is 141 Å². The van der Waals surface area contributed by atoms with Crippen molar-refractivity contribution in [2.24, 2.45) is 0 Å². The summed E-state index contributed by atoms with van der Waals surface area (Å²) in [7, 11) is 0. The number of nitrogens with zero attached hydrogens (tertiary/aromatic N) is 10. The summed E-state index contributed by atoms with van der Waals surface area (Å²) in [5.74, 6) is 2.20. The molecule has 31 rings (SSSR count). The van der Waals surface area contributed by atoms with Crippen molar-refractivity contribution in [2.75, 3.05) is 0 Å². The standard InChI is InChI=1S/C49H34N4.C43H29N3O.C43H29N3S/c1-49(2)40-22-12-9-21-39(40)45-43(49)44(31-15-5-3-6-16-31)50-48(51-45)32-25-27-34(28-26-32)53-42-24-14-11-20-36(42)38-30-29-37-35-19-10-13-23-41(35)52(46(37)47(38)53)33-17-7-4-8-18-33;2*1-43(2)34-17-9-6-16-33(34)39-37(43)38(26-12-4-3-5-13-26)44-42(45-39)27-20-22-28(23-21-27)46-35-18-10-7-14-29(35)31-24-25-32-30-15-8-11-19-36(30)47-41(32)40(31)46/h3-30H,1-2H3;2*3-25H,1-2H3. The molecule has 0 saturated heterocycles. The molecule has 694 valence electrons. The first kappa shape index (κ1) is 85.4. The van der Waals surface area contributed by atoms with Crippen LogP contribution in [0.5, 0.6) is 0 Å². The maximum atomic E-state index is 6.55. The van der Waals surface area contributed by atoms with E-state index in [1.807, 2.05) is 23.5 Å². The van der Waals surface area contributed by atoms with Crippen LogP contribution in [0, 0.1) is 0 Å². The van der Waals surface area contributed by atoms with E-state index < -0.39 is 0 Å². The van der Waals surface area contributed by atoms with Crippen molar-refractivity contribution in [1.82, 2.24) is 48.2 Å². The first-order valence-corrected chi connectivity index (χ1v) is 51.3. The third-order valence-electron chi connectivity index (χ3n) is 31.3. The van der Waals surface area contributed by atoms with Crippen LogP contribution in [0.4, 0.5) is 0 Å². The summed E-state index contributed by atoms with van der Waals surface area (Å²) < 4.78 is 18.8. The fourth-order valence-electron chi connectivity index (χ4n) is 24.5. The number of aromatic nitrogens is 10. The summed E-state index contributed by atoms with van der Waals surface area (Å²) in [6.07, 6.45) is 0. The van der Waals surface area contributed by atoms with Crippen LogP contribution in [-0.4, -0.2) is 48.2 Å². The molecule has 0 amide bonds. The summed E-state index contributed by atoms with van der Waals surface area (Å²) >= 11 is 1.88. The number of para-hydroxylation sites is 6. The molecule has 147 heavy (non-hydrogen) atoms. The smallest absolute Gasteiger partial charge is 0.160 e. The SMILES string of the molecule is CC1(C)c2ccccc2-c2nc(-c3ccc(-n4c5ccccc5c5ccc6c7ccccc7n(-c7ccccc7)c6c54)cc3)nc(-c3ccccc3)c21.CC1(C)c2ccccc2-c2nc(-c3ccc(-n4c5ccccc5c5ccc6c7ccccc7oc6c54)cc3)nc(-c3ccccc3)c21.CC1(C)c2ccccc2-c2nc(-c3ccc(-n4c5ccccc5c5ccc6c7ccccc7sc6c54)cc3)nc(-c3ccccc3)c21. The Hall–Kier alpha value is -18.4. The second kappa shape index (κ2) is 32.8. The second-order valence-corrected chi connectivity index (χ2v) is 41.6. The van der Waals surface area contributed by atoms with Gasteiger partial charge in [-0.3, -0.25) is 0 Å². The number of hydrogen-bond donors (Lipinski definition) is 0. The van der Waals surface area contributed by atoms with Crippen molar-refractivity contribution < 1.29 is 4.42 Å². The van der Waals surface area contributed by atoms with Gasteiger partial charge in [0.25, 0.3) is 0 Å². The zero-order valence-corrected chi connectivity index (χ0v) is 82.3. The molecule has 0 unspecified atom stereocenters. The van der Waals surface area contributed by atoms with Crippen LogP contribution in [0.3, 0.4) is 0 Å². The lowest BCUT2D eigenvalue weighted by Gasteiger charge is -2.23. The number of fused-ring (bicyclic) bond motifs is 30. The lowest BCUT2D eigenvalue weighted by Crippen LogP contribution is -2.17. The van der Waals surface area contributed by atoms with Gasteiger partial charge in [-0.25, -0.2) is 29.9 Å². The van der Waals surface area contributed by atoms with E-state index >= 15 is 0 Å². The lowest BCUT2D eigenvalue weighted by atomic mass is 9.81. The number of furan rings is 1. The normalized spacial score (nSPS) is 13.4. The molecular weight excluding hydrogens is 1810 g/mol. The van der Waals surface area contributed by atoms with Crippen molar-refractivity contribution in [1.29, 1.82) is 0 Å². The number of benzene rings is 19. The van der Waals surface area contributed by atoms with Crippen molar-refractivity contribution >= 4 is 141 Å². The molecule has 12 heteroatoms. The molecule has 0 N–H and O–H groups in total. The van der Waals surface area contributed by atoms with Gasteiger partial charge in [-0.2, -0.15) is 0 Å². The molecule has 3 aliphatic rings. The summed E-state index contributed by atoms with van der Waals surface area (Å²) in [5.41, 5.74) is 38.4. The van der Waals surface area contributed by atoms with Crippen molar-refractivity contribution in [3.63, 3.8) is 0 Å². The first-order chi connectivity index (χ1) is 72.2. The van der Waals surface area contributed by atoms with E-state index in [1.165, 1.54) is 146 Å². The zero-order chi connectivity index (χ0) is 97.8. The topological polar surface area (TPSA) is 110 Å². The molecule has 19 aromatic carbocycles. The third-order valence-corrected chi connectivity index (χ3v) is 32.5. The van der Waals surface area contributed by atoms with Gasteiger partial charge in [0.1, 0.15) is 5.58 Å². The molecule has 9 heterocycles. The van der Waals surface area contributed by atoms with Gasteiger partial charge < -0.3 is 22.7 Å². The highest BCUT2D eigenvalue weighted by atomic mass is 32.1. The quantitative estimate of drug-likeness (QED) is 0.134. The number of thiophene rings is 1. The third kappa shape index (κ3) is 13.0. The molecule has 11 nitrogen and oxygen atoms in total. The van der Waals surface area contributed by atoms with Crippen LogP contribution in [0.1, 0.15) is 74.9 Å². The average molecular weight is 1900 g/mol. The van der Waals surface area contributed by atoms with E-state index in [2.05, 4.69) is 497 Å². The van der Waals surface area contributed by atoms with Gasteiger partial charge in [-0.1, -0.05) is 363 Å². The van der Waals surface area contributed by atoms with Crippen LogP contribution in [0.2, 0.25) is 0 Å². The van der Waals surface area contributed by atoms with Crippen LogP contribution < -0.4 is 0 Å². The monoisotopic (exact) mass is 1900 g/mol. The Morgan fingerprint density at radius 1 is 0.204 bits per heavy atom. The van der Waals surface area contributed by atoms with Crippen molar-refractivity contribution in [3.8, 4) is 124 Å². The minimum Gasteiger partial charge on any atom is -0.454 e. The minimum atomic E-state index is -0.219.